The summed E-state index contributed by atoms with van der Waals surface area (Å²) in [5.41, 5.74) is 0.543. The lowest BCUT2D eigenvalue weighted by atomic mass is 10.2. The van der Waals surface area contributed by atoms with Crippen LogP contribution in [0.2, 0.25) is 0 Å². The van der Waals surface area contributed by atoms with Crippen LogP contribution in [0.4, 0.5) is 5.69 Å². The first-order valence-electron chi connectivity index (χ1n) is 8.02. The van der Waals surface area contributed by atoms with Crippen molar-refractivity contribution < 1.29 is 32.3 Å². The lowest BCUT2D eigenvalue weighted by Crippen LogP contribution is -2.26. The molecule has 0 saturated heterocycles. The van der Waals surface area contributed by atoms with E-state index in [4.69, 9.17) is 19.0 Å². The first-order valence-corrected chi connectivity index (χ1v) is 9.46. The SMILES string of the molecule is COc1cc(NC(=O)c2ccc(OC)c(S(=O)(=O)N(C)OC)c2)cc(OC)c1. The van der Waals surface area contributed by atoms with Crippen molar-refractivity contribution in [3.05, 3.63) is 42.0 Å². The van der Waals surface area contributed by atoms with E-state index in [0.717, 1.165) is 0 Å². The first-order chi connectivity index (χ1) is 13.3. The Bertz CT molecular complexity index is 938. The van der Waals surface area contributed by atoms with Crippen LogP contribution >= 0.6 is 0 Å². The van der Waals surface area contributed by atoms with E-state index in [9.17, 15) is 13.2 Å². The summed E-state index contributed by atoms with van der Waals surface area (Å²) < 4.78 is 41.3. The molecule has 2 rings (SSSR count). The Kier molecular flexibility index (Phi) is 6.84. The van der Waals surface area contributed by atoms with Crippen LogP contribution in [0.25, 0.3) is 0 Å². The molecule has 0 aliphatic rings. The number of ether oxygens (including phenoxy) is 3. The number of hydroxylamine groups is 1. The minimum atomic E-state index is -4.02. The van der Waals surface area contributed by atoms with E-state index in [0.29, 0.717) is 21.7 Å². The third-order valence-corrected chi connectivity index (χ3v) is 5.61. The molecular formula is C18H22N2O7S. The second-order valence-corrected chi connectivity index (χ2v) is 7.42. The van der Waals surface area contributed by atoms with Crippen LogP contribution < -0.4 is 19.5 Å². The summed E-state index contributed by atoms with van der Waals surface area (Å²) in [6.45, 7) is 0. The summed E-state index contributed by atoms with van der Waals surface area (Å²) in [5.74, 6) is 0.557. The molecule has 0 spiro atoms. The minimum Gasteiger partial charge on any atom is -0.497 e. The van der Waals surface area contributed by atoms with Crippen LogP contribution in [-0.4, -0.2) is 54.3 Å². The van der Waals surface area contributed by atoms with E-state index in [-0.39, 0.29) is 16.2 Å². The Hall–Kier alpha value is -2.82. The standard InChI is InChI=1S/C18H22N2O7S/c1-20(27-5)28(22,23)17-8-12(6-7-16(17)26-4)18(21)19-13-9-14(24-2)11-15(10-13)25-3/h6-11H,1-5H3,(H,19,21). The average Bonchev–Trinajstić information content (AvgIpc) is 2.71. The topological polar surface area (TPSA) is 103 Å². The molecule has 0 saturated carbocycles. The van der Waals surface area contributed by atoms with Crippen molar-refractivity contribution in [3.8, 4) is 17.2 Å². The quantitative estimate of drug-likeness (QED) is 0.665. The molecule has 1 amide bonds. The molecule has 0 radical (unpaired) electrons. The van der Waals surface area contributed by atoms with E-state index in [1.165, 1.54) is 53.7 Å². The fraction of sp³-hybridized carbons (Fsp3) is 0.278. The number of nitrogens with zero attached hydrogens (tertiary/aromatic N) is 1. The molecule has 0 aromatic heterocycles. The zero-order valence-electron chi connectivity index (χ0n) is 16.2. The Morgan fingerprint density at radius 1 is 0.929 bits per heavy atom. The van der Waals surface area contributed by atoms with Gasteiger partial charge >= 0.3 is 0 Å². The second-order valence-electron chi connectivity index (χ2n) is 5.52. The number of rotatable bonds is 8. The van der Waals surface area contributed by atoms with Crippen LogP contribution in [0.15, 0.2) is 41.3 Å². The van der Waals surface area contributed by atoms with Gasteiger partial charge in [-0.15, -0.1) is 0 Å². The van der Waals surface area contributed by atoms with Crippen molar-refractivity contribution in [1.82, 2.24) is 4.47 Å². The summed E-state index contributed by atoms with van der Waals surface area (Å²) >= 11 is 0. The lowest BCUT2D eigenvalue weighted by molar-refractivity contribution is -0.0259. The summed E-state index contributed by atoms with van der Waals surface area (Å²) in [4.78, 5) is 17.2. The van der Waals surface area contributed by atoms with Crippen molar-refractivity contribution in [1.29, 1.82) is 0 Å². The maximum atomic E-state index is 12.7. The number of hydrogen-bond acceptors (Lipinski definition) is 7. The van der Waals surface area contributed by atoms with Crippen LogP contribution in [0, 0.1) is 0 Å². The molecule has 2 aromatic carbocycles. The number of sulfonamides is 1. The highest BCUT2D eigenvalue weighted by Crippen LogP contribution is 2.29. The van der Waals surface area contributed by atoms with Crippen LogP contribution in [-0.2, 0) is 14.9 Å². The van der Waals surface area contributed by atoms with E-state index < -0.39 is 15.9 Å². The number of hydrogen-bond donors (Lipinski definition) is 1. The van der Waals surface area contributed by atoms with Gasteiger partial charge in [0.1, 0.15) is 22.1 Å². The number of anilines is 1. The molecule has 9 nitrogen and oxygen atoms in total. The highest BCUT2D eigenvalue weighted by Gasteiger charge is 2.26. The zero-order valence-corrected chi connectivity index (χ0v) is 17.0. The van der Waals surface area contributed by atoms with E-state index in [1.54, 1.807) is 18.2 Å². The summed E-state index contributed by atoms with van der Waals surface area (Å²) in [6, 6.07) is 8.96. The molecule has 10 heteroatoms. The monoisotopic (exact) mass is 410 g/mol. The summed E-state index contributed by atoms with van der Waals surface area (Å²) in [5, 5.41) is 2.69. The van der Waals surface area contributed by atoms with Gasteiger partial charge in [-0.1, -0.05) is 4.47 Å². The van der Waals surface area contributed by atoms with Crippen molar-refractivity contribution in [2.24, 2.45) is 0 Å². The normalized spacial score (nSPS) is 11.2. The number of methoxy groups -OCH3 is 3. The van der Waals surface area contributed by atoms with Gasteiger partial charge in [-0.25, -0.2) is 8.42 Å². The summed E-state index contributed by atoms with van der Waals surface area (Å²) in [6.07, 6.45) is 0. The number of benzene rings is 2. The Balaban J connectivity index is 2.41. The molecule has 1 N–H and O–H groups in total. The maximum absolute atomic E-state index is 12.7. The molecular weight excluding hydrogens is 388 g/mol. The van der Waals surface area contributed by atoms with Crippen molar-refractivity contribution in [3.63, 3.8) is 0 Å². The van der Waals surface area contributed by atoms with Gasteiger partial charge < -0.3 is 19.5 Å². The highest BCUT2D eigenvalue weighted by atomic mass is 32.2. The Morgan fingerprint density at radius 3 is 2.04 bits per heavy atom. The molecule has 0 fully saturated rings. The van der Waals surface area contributed by atoms with Gasteiger partial charge in [-0.2, -0.15) is 0 Å². The smallest absolute Gasteiger partial charge is 0.268 e. The number of carbonyl (C=O) groups excluding carboxylic acids is 1. The Labute approximate surface area is 163 Å². The third kappa shape index (κ3) is 4.53. The second kappa shape index (κ2) is 8.91. The number of carbonyl (C=O) groups is 1. The fourth-order valence-corrected chi connectivity index (χ4v) is 3.49. The molecule has 0 bridgehead atoms. The third-order valence-electron chi connectivity index (χ3n) is 3.91. The van der Waals surface area contributed by atoms with Crippen LogP contribution in [0.3, 0.4) is 0 Å². The predicted molar refractivity (Wildman–Crippen MR) is 102 cm³/mol. The van der Waals surface area contributed by atoms with Crippen LogP contribution in [0.5, 0.6) is 17.2 Å². The highest BCUT2D eigenvalue weighted by molar-refractivity contribution is 7.89. The molecule has 0 unspecified atom stereocenters. The zero-order chi connectivity index (χ0) is 20.9. The van der Waals surface area contributed by atoms with Crippen molar-refractivity contribution >= 4 is 21.6 Å². The predicted octanol–water partition coefficient (Wildman–Crippen LogP) is 2.15. The van der Waals surface area contributed by atoms with Crippen LogP contribution in [0.1, 0.15) is 10.4 Å². The molecule has 0 aliphatic heterocycles. The maximum Gasteiger partial charge on any atom is 0.268 e. The number of amides is 1. The number of nitrogens with one attached hydrogen (secondary N) is 1. The van der Waals surface area contributed by atoms with E-state index in [1.807, 2.05) is 0 Å². The van der Waals surface area contributed by atoms with Gasteiger partial charge in [0.15, 0.2) is 0 Å². The molecule has 0 aliphatic carbocycles. The van der Waals surface area contributed by atoms with E-state index in [2.05, 4.69) is 5.32 Å². The van der Waals surface area contributed by atoms with Gasteiger partial charge in [0.25, 0.3) is 15.9 Å². The van der Waals surface area contributed by atoms with Gasteiger partial charge in [-0.05, 0) is 18.2 Å². The molecule has 0 atom stereocenters. The van der Waals surface area contributed by atoms with Gasteiger partial charge in [-0.3, -0.25) is 9.63 Å². The largest absolute Gasteiger partial charge is 0.497 e. The van der Waals surface area contributed by atoms with Crippen molar-refractivity contribution in [2.75, 3.05) is 40.8 Å². The molecule has 28 heavy (non-hydrogen) atoms. The lowest BCUT2D eigenvalue weighted by Gasteiger charge is -2.17. The van der Waals surface area contributed by atoms with Gasteiger partial charge in [0.2, 0.25) is 0 Å². The minimum absolute atomic E-state index is 0.0866. The first kappa shape index (κ1) is 21.5. The van der Waals surface area contributed by atoms with Gasteiger partial charge in [0, 0.05) is 36.5 Å². The fourth-order valence-electron chi connectivity index (χ4n) is 2.34. The average molecular weight is 410 g/mol. The molecule has 0 heterocycles. The molecule has 2 aromatic rings. The summed E-state index contributed by atoms with van der Waals surface area (Å²) in [7, 11) is 2.77. The van der Waals surface area contributed by atoms with E-state index >= 15 is 0 Å². The van der Waals surface area contributed by atoms with Crippen molar-refractivity contribution in [2.45, 2.75) is 4.90 Å². The van der Waals surface area contributed by atoms with Gasteiger partial charge in [0.05, 0.1) is 28.4 Å². The Morgan fingerprint density at radius 2 is 1.54 bits per heavy atom. The molecule has 152 valence electrons.